The lowest BCUT2D eigenvalue weighted by atomic mass is 9.44. The Balaban J connectivity index is 1.42. The minimum absolute atomic E-state index is 0.0610. The van der Waals surface area contributed by atoms with Gasteiger partial charge < -0.3 is 15.3 Å². The molecule has 0 heterocycles. The van der Waals surface area contributed by atoms with Gasteiger partial charge in [-0.05, 0) is 116 Å². The number of aliphatic hydroxyl groups is 3. The molecule has 9 atom stereocenters. The Hall–Kier alpha value is -0.120. The van der Waals surface area contributed by atoms with E-state index >= 15 is 0 Å². The molecule has 3 nitrogen and oxygen atoms in total. The number of rotatable bonds is 7. The molecule has 186 valence electrons. The van der Waals surface area contributed by atoms with Gasteiger partial charge in [0.1, 0.15) is 0 Å². The zero-order valence-corrected chi connectivity index (χ0v) is 21.7. The van der Waals surface area contributed by atoms with E-state index in [1.54, 1.807) is 0 Å². The second kappa shape index (κ2) is 9.15. The third kappa shape index (κ3) is 4.57. The SMILES string of the molecule is CC(C)[C@@H](CC[C@@H](C)[C@H]1CC[C@H]2[C@@H]3CCC4CCCC[C@]4(C)[C@H]3CC[C@]12C)CC(O)(O)O. The first-order valence-electron chi connectivity index (χ1n) is 14.1. The van der Waals surface area contributed by atoms with Gasteiger partial charge in [-0.2, -0.15) is 0 Å². The molecule has 0 aromatic heterocycles. The van der Waals surface area contributed by atoms with Crippen molar-refractivity contribution in [3.63, 3.8) is 0 Å². The van der Waals surface area contributed by atoms with Crippen molar-refractivity contribution in [1.29, 1.82) is 0 Å². The van der Waals surface area contributed by atoms with E-state index in [9.17, 15) is 15.3 Å². The first-order valence-corrected chi connectivity index (χ1v) is 14.1. The van der Waals surface area contributed by atoms with Gasteiger partial charge in [0, 0.05) is 6.42 Å². The average molecular weight is 449 g/mol. The van der Waals surface area contributed by atoms with E-state index in [-0.39, 0.29) is 12.3 Å². The standard InChI is InChI=1S/C29H52O3/c1-19(2)21(18-29(30,31)32)10-9-20(3)24-13-14-25-23-12-11-22-8-6-7-16-27(22,4)26(23)15-17-28(24,25)5/h19-26,30-32H,6-18H2,1-5H3/t20-,21+,22?,23+,24-,25+,26+,27+,28-/m1/s1. The summed E-state index contributed by atoms with van der Waals surface area (Å²) in [5, 5.41) is 28.6. The summed E-state index contributed by atoms with van der Waals surface area (Å²) in [6.45, 7) is 12.1. The van der Waals surface area contributed by atoms with Gasteiger partial charge >= 0.3 is 0 Å². The molecule has 0 bridgehead atoms. The Bertz CT molecular complexity index is 639. The first-order chi connectivity index (χ1) is 15.0. The van der Waals surface area contributed by atoms with E-state index in [0.717, 1.165) is 42.4 Å². The van der Waals surface area contributed by atoms with Crippen LogP contribution >= 0.6 is 0 Å². The molecule has 0 aromatic carbocycles. The van der Waals surface area contributed by atoms with Crippen molar-refractivity contribution in [2.24, 2.45) is 58.2 Å². The highest BCUT2D eigenvalue weighted by molar-refractivity contribution is 5.09. The Kier molecular flexibility index (Phi) is 7.15. The molecule has 0 aliphatic heterocycles. The van der Waals surface area contributed by atoms with Gasteiger partial charge in [-0.15, -0.1) is 0 Å². The van der Waals surface area contributed by atoms with Crippen molar-refractivity contribution >= 4 is 0 Å². The highest BCUT2D eigenvalue weighted by atomic mass is 16.7. The molecular weight excluding hydrogens is 396 g/mol. The lowest BCUT2D eigenvalue weighted by Gasteiger charge is -2.61. The van der Waals surface area contributed by atoms with E-state index in [4.69, 9.17) is 0 Å². The lowest BCUT2D eigenvalue weighted by molar-refractivity contribution is -0.321. The molecule has 0 spiro atoms. The summed E-state index contributed by atoms with van der Waals surface area (Å²) in [5.74, 6) is 3.32. The molecule has 0 saturated heterocycles. The van der Waals surface area contributed by atoms with Gasteiger partial charge in [-0.3, -0.25) is 0 Å². The van der Waals surface area contributed by atoms with Crippen LogP contribution in [-0.2, 0) is 0 Å². The van der Waals surface area contributed by atoms with Crippen LogP contribution in [0.25, 0.3) is 0 Å². The molecule has 0 amide bonds. The molecule has 3 heteroatoms. The second-order valence-corrected chi connectivity index (χ2v) is 13.7. The maximum absolute atomic E-state index is 9.53. The molecule has 4 aliphatic rings. The Morgan fingerprint density at radius 1 is 0.781 bits per heavy atom. The van der Waals surface area contributed by atoms with Crippen LogP contribution in [0.5, 0.6) is 0 Å². The van der Waals surface area contributed by atoms with Crippen LogP contribution < -0.4 is 0 Å². The minimum Gasteiger partial charge on any atom is -0.344 e. The first kappa shape index (κ1) is 25.0. The van der Waals surface area contributed by atoms with Crippen LogP contribution in [0, 0.1) is 58.2 Å². The second-order valence-electron chi connectivity index (χ2n) is 13.7. The van der Waals surface area contributed by atoms with E-state index in [1.807, 2.05) is 0 Å². The van der Waals surface area contributed by atoms with E-state index in [2.05, 4.69) is 34.6 Å². The van der Waals surface area contributed by atoms with Crippen LogP contribution in [0.1, 0.15) is 118 Å². The number of fused-ring (bicyclic) bond motifs is 5. The Labute approximate surface area is 197 Å². The van der Waals surface area contributed by atoms with Gasteiger partial charge in [-0.25, -0.2) is 0 Å². The Morgan fingerprint density at radius 3 is 2.19 bits per heavy atom. The predicted octanol–water partition coefficient (Wildman–Crippen LogP) is 6.74. The van der Waals surface area contributed by atoms with Gasteiger partial charge in [0.2, 0.25) is 0 Å². The predicted molar refractivity (Wildman–Crippen MR) is 131 cm³/mol. The summed E-state index contributed by atoms with van der Waals surface area (Å²) in [7, 11) is 0. The summed E-state index contributed by atoms with van der Waals surface area (Å²) in [6, 6.07) is 0. The van der Waals surface area contributed by atoms with Gasteiger partial charge in [-0.1, -0.05) is 53.9 Å². The number of hydrogen-bond donors (Lipinski definition) is 3. The molecular formula is C29H52O3. The quantitative estimate of drug-likeness (QED) is 0.378. The maximum atomic E-state index is 9.53. The molecule has 4 aliphatic carbocycles. The van der Waals surface area contributed by atoms with E-state index in [1.165, 1.54) is 64.2 Å². The summed E-state index contributed by atoms with van der Waals surface area (Å²) in [4.78, 5) is 0. The zero-order chi connectivity index (χ0) is 23.3. The van der Waals surface area contributed by atoms with Crippen LogP contribution in [0.2, 0.25) is 0 Å². The molecule has 32 heavy (non-hydrogen) atoms. The van der Waals surface area contributed by atoms with Crippen LogP contribution in [0.3, 0.4) is 0 Å². The third-order valence-corrected chi connectivity index (χ3v) is 11.8. The molecule has 3 N–H and O–H groups in total. The fourth-order valence-corrected chi connectivity index (χ4v) is 9.97. The number of hydrogen-bond acceptors (Lipinski definition) is 3. The summed E-state index contributed by atoms with van der Waals surface area (Å²) < 4.78 is 0. The van der Waals surface area contributed by atoms with Gasteiger partial charge in [0.15, 0.2) is 0 Å². The van der Waals surface area contributed by atoms with Gasteiger partial charge in [0.25, 0.3) is 5.97 Å². The fourth-order valence-electron chi connectivity index (χ4n) is 9.97. The molecule has 1 unspecified atom stereocenters. The van der Waals surface area contributed by atoms with E-state index < -0.39 is 5.97 Å². The summed E-state index contributed by atoms with van der Waals surface area (Å²) in [5.41, 5.74) is 1.13. The highest BCUT2D eigenvalue weighted by Crippen LogP contribution is 2.68. The highest BCUT2D eigenvalue weighted by Gasteiger charge is 2.60. The normalized spacial score (nSPS) is 44.0. The average Bonchev–Trinajstić information content (AvgIpc) is 3.06. The molecule has 0 radical (unpaired) electrons. The van der Waals surface area contributed by atoms with E-state index in [0.29, 0.717) is 22.7 Å². The summed E-state index contributed by atoms with van der Waals surface area (Å²) in [6.07, 6.45) is 16.8. The van der Waals surface area contributed by atoms with Crippen molar-refractivity contribution < 1.29 is 15.3 Å². The maximum Gasteiger partial charge on any atom is 0.275 e. The van der Waals surface area contributed by atoms with Crippen molar-refractivity contribution in [2.45, 2.75) is 124 Å². The molecule has 0 aromatic rings. The largest absolute Gasteiger partial charge is 0.344 e. The van der Waals surface area contributed by atoms with Crippen LogP contribution in [0.15, 0.2) is 0 Å². The molecule has 4 fully saturated rings. The topological polar surface area (TPSA) is 60.7 Å². The lowest BCUT2D eigenvalue weighted by Crippen LogP contribution is -2.53. The van der Waals surface area contributed by atoms with Crippen molar-refractivity contribution in [1.82, 2.24) is 0 Å². The zero-order valence-electron chi connectivity index (χ0n) is 21.7. The fraction of sp³-hybridized carbons (Fsp3) is 1.00. The van der Waals surface area contributed by atoms with Crippen molar-refractivity contribution in [2.75, 3.05) is 0 Å². The third-order valence-electron chi connectivity index (χ3n) is 11.8. The van der Waals surface area contributed by atoms with Crippen molar-refractivity contribution in [3.05, 3.63) is 0 Å². The monoisotopic (exact) mass is 448 g/mol. The smallest absolute Gasteiger partial charge is 0.275 e. The molecule has 4 saturated carbocycles. The van der Waals surface area contributed by atoms with Crippen molar-refractivity contribution in [3.8, 4) is 0 Å². The molecule has 4 rings (SSSR count). The summed E-state index contributed by atoms with van der Waals surface area (Å²) >= 11 is 0. The minimum atomic E-state index is -2.53. The Morgan fingerprint density at radius 2 is 1.50 bits per heavy atom. The van der Waals surface area contributed by atoms with Crippen LogP contribution in [-0.4, -0.2) is 21.3 Å². The van der Waals surface area contributed by atoms with Gasteiger partial charge in [0.05, 0.1) is 0 Å². The van der Waals surface area contributed by atoms with Crippen LogP contribution in [0.4, 0.5) is 0 Å².